The first-order chi connectivity index (χ1) is 9.02. The van der Waals surface area contributed by atoms with Gasteiger partial charge in [-0.25, -0.2) is 4.79 Å². The number of nitrogens with one attached hydrogen (secondary N) is 2. The van der Waals surface area contributed by atoms with Crippen molar-refractivity contribution in [2.75, 3.05) is 0 Å². The first kappa shape index (κ1) is 16.5. The Labute approximate surface area is 119 Å². The zero-order valence-corrected chi connectivity index (χ0v) is 12.6. The van der Waals surface area contributed by atoms with Crippen LogP contribution in [0.2, 0.25) is 0 Å². The molecule has 0 aromatic carbocycles. The Balaban J connectivity index is 2.40. The Bertz CT molecular complexity index is 415. The van der Waals surface area contributed by atoms with Gasteiger partial charge in [0.1, 0.15) is 0 Å². The number of hydrogen-bond donors (Lipinski definition) is 3. The second-order valence-corrected chi connectivity index (χ2v) is 6.99. The minimum atomic E-state index is -1.18. The van der Waals surface area contributed by atoms with Crippen molar-refractivity contribution in [2.45, 2.75) is 59.4 Å². The predicted molar refractivity (Wildman–Crippen MR) is 74.1 cm³/mol. The number of hydrogen-bond acceptors (Lipinski definition) is 3. The summed E-state index contributed by atoms with van der Waals surface area (Å²) in [6.45, 7) is 7.19. The van der Waals surface area contributed by atoms with Gasteiger partial charge in [0, 0.05) is 12.5 Å². The average Bonchev–Trinajstić information content (AvgIpc) is 2.55. The van der Waals surface area contributed by atoms with Crippen LogP contribution in [-0.4, -0.2) is 29.1 Å². The number of urea groups is 1. The maximum atomic E-state index is 11.7. The summed E-state index contributed by atoms with van der Waals surface area (Å²) in [5.41, 5.74) is -0.965. The molecular weight excluding hydrogens is 260 g/mol. The Morgan fingerprint density at radius 3 is 2.35 bits per heavy atom. The van der Waals surface area contributed by atoms with Gasteiger partial charge in [0.15, 0.2) is 0 Å². The van der Waals surface area contributed by atoms with Gasteiger partial charge < -0.3 is 10.4 Å². The lowest BCUT2D eigenvalue weighted by molar-refractivity contribution is -0.149. The molecule has 0 aliphatic heterocycles. The molecular formula is C14H24N2O4. The Kier molecular flexibility index (Phi) is 4.78. The first-order valence-electron chi connectivity index (χ1n) is 6.86. The van der Waals surface area contributed by atoms with Gasteiger partial charge in [-0.15, -0.1) is 0 Å². The standard InChI is InChI=1S/C14H24N2O4/c1-13(2)6-5-9(7-13)15-12(20)16-10(17)8-14(3,4)11(18)19/h9H,5-8H2,1-4H3,(H,18,19)(H2,15,16,17,20). The zero-order chi connectivity index (χ0) is 15.6. The molecule has 0 heterocycles. The van der Waals surface area contributed by atoms with Crippen LogP contribution in [0.15, 0.2) is 0 Å². The quantitative estimate of drug-likeness (QED) is 0.734. The zero-order valence-electron chi connectivity index (χ0n) is 12.6. The predicted octanol–water partition coefficient (Wildman–Crippen LogP) is 1.89. The third-order valence-corrected chi connectivity index (χ3v) is 3.74. The van der Waals surface area contributed by atoms with Crippen molar-refractivity contribution in [3.63, 3.8) is 0 Å². The molecule has 0 spiro atoms. The van der Waals surface area contributed by atoms with E-state index in [0.29, 0.717) is 0 Å². The van der Waals surface area contributed by atoms with Crippen molar-refractivity contribution >= 4 is 17.9 Å². The minimum Gasteiger partial charge on any atom is -0.481 e. The number of aliphatic carboxylic acids is 1. The van der Waals surface area contributed by atoms with E-state index < -0.39 is 23.3 Å². The van der Waals surface area contributed by atoms with Crippen LogP contribution >= 0.6 is 0 Å². The molecule has 1 saturated carbocycles. The van der Waals surface area contributed by atoms with Crippen LogP contribution in [0, 0.1) is 10.8 Å². The summed E-state index contributed by atoms with van der Waals surface area (Å²) < 4.78 is 0. The molecule has 114 valence electrons. The molecule has 0 radical (unpaired) electrons. The third-order valence-electron chi connectivity index (χ3n) is 3.74. The summed E-state index contributed by atoms with van der Waals surface area (Å²) in [6.07, 6.45) is 2.59. The minimum absolute atomic E-state index is 0.0743. The second-order valence-electron chi connectivity index (χ2n) is 6.99. The van der Waals surface area contributed by atoms with E-state index in [-0.39, 0.29) is 17.9 Å². The van der Waals surface area contributed by atoms with Gasteiger partial charge in [-0.3, -0.25) is 14.9 Å². The van der Waals surface area contributed by atoms with Gasteiger partial charge in [-0.05, 0) is 38.5 Å². The van der Waals surface area contributed by atoms with Crippen LogP contribution in [-0.2, 0) is 9.59 Å². The highest BCUT2D eigenvalue weighted by Crippen LogP contribution is 2.36. The monoisotopic (exact) mass is 284 g/mol. The van der Waals surface area contributed by atoms with Gasteiger partial charge >= 0.3 is 12.0 Å². The lowest BCUT2D eigenvalue weighted by atomic mass is 9.89. The maximum Gasteiger partial charge on any atom is 0.321 e. The molecule has 1 aliphatic rings. The van der Waals surface area contributed by atoms with Crippen LogP contribution in [0.3, 0.4) is 0 Å². The van der Waals surface area contributed by atoms with Crippen LogP contribution in [0.1, 0.15) is 53.4 Å². The number of carboxylic acid groups (broad SMARTS) is 1. The lowest BCUT2D eigenvalue weighted by Crippen LogP contribution is -2.45. The molecule has 3 amide bonds. The number of rotatable bonds is 4. The van der Waals surface area contributed by atoms with E-state index in [1.54, 1.807) is 0 Å². The fourth-order valence-electron chi connectivity index (χ4n) is 2.43. The molecule has 6 heteroatoms. The Morgan fingerprint density at radius 2 is 1.90 bits per heavy atom. The molecule has 0 aromatic heterocycles. The van der Waals surface area contributed by atoms with E-state index in [2.05, 4.69) is 24.5 Å². The molecule has 1 aliphatic carbocycles. The SMILES string of the molecule is CC1(C)CCC(NC(=O)NC(=O)CC(C)(C)C(=O)O)C1. The van der Waals surface area contributed by atoms with Crippen molar-refractivity contribution in [3.05, 3.63) is 0 Å². The molecule has 1 rings (SSSR count). The molecule has 0 saturated heterocycles. The van der Waals surface area contributed by atoms with Gasteiger partial charge in [0.05, 0.1) is 5.41 Å². The first-order valence-corrected chi connectivity index (χ1v) is 6.86. The number of imide groups is 1. The third kappa shape index (κ3) is 4.83. The fraction of sp³-hybridized carbons (Fsp3) is 0.786. The summed E-state index contributed by atoms with van der Waals surface area (Å²) in [5.74, 6) is -1.64. The average molecular weight is 284 g/mol. The number of carboxylic acids is 1. The molecule has 0 aromatic rings. The normalized spacial score (nSPS) is 21.3. The van der Waals surface area contributed by atoms with E-state index in [1.807, 2.05) is 0 Å². The maximum absolute atomic E-state index is 11.7. The van der Waals surface area contributed by atoms with Gasteiger partial charge in [-0.2, -0.15) is 0 Å². The van der Waals surface area contributed by atoms with Crippen molar-refractivity contribution in [2.24, 2.45) is 10.8 Å². The molecule has 1 unspecified atom stereocenters. The van der Waals surface area contributed by atoms with Gasteiger partial charge in [0.25, 0.3) is 0 Å². The number of carbonyl (C=O) groups excluding carboxylic acids is 2. The summed E-state index contributed by atoms with van der Waals surface area (Å²) in [5, 5.41) is 13.9. The Hall–Kier alpha value is -1.59. The topological polar surface area (TPSA) is 95.5 Å². The highest BCUT2D eigenvalue weighted by molar-refractivity contribution is 5.96. The van der Waals surface area contributed by atoms with E-state index >= 15 is 0 Å². The molecule has 1 fully saturated rings. The van der Waals surface area contributed by atoms with Crippen molar-refractivity contribution < 1.29 is 19.5 Å². The van der Waals surface area contributed by atoms with Crippen molar-refractivity contribution in [3.8, 4) is 0 Å². The summed E-state index contributed by atoms with van der Waals surface area (Å²) in [7, 11) is 0. The Morgan fingerprint density at radius 1 is 1.30 bits per heavy atom. The summed E-state index contributed by atoms with van der Waals surface area (Å²) >= 11 is 0. The van der Waals surface area contributed by atoms with E-state index in [4.69, 9.17) is 5.11 Å². The largest absolute Gasteiger partial charge is 0.481 e. The number of amides is 3. The van der Waals surface area contributed by atoms with Gasteiger partial charge in [0.2, 0.25) is 5.91 Å². The molecule has 20 heavy (non-hydrogen) atoms. The van der Waals surface area contributed by atoms with Crippen molar-refractivity contribution in [1.82, 2.24) is 10.6 Å². The van der Waals surface area contributed by atoms with Gasteiger partial charge in [-0.1, -0.05) is 13.8 Å². The lowest BCUT2D eigenvalue weighted by Gasteiger charge is -2.19. The molecule has 1 atom stereocenters. The molecule has 3 N–H and O–H groups in total. The molecule has 0 bridgehead atoms. The highest BCUT2D eigenvalue weighted by atomic mass is 16.4. The van der Waals surface area contributed by atoms with Crippen LogP contribution in [0.5, 0.6) is 0 Å². The fourth-order valence-corrected chi connectivity index (χ4v) is 2.43. The van der Waals surface area contributed by atoms with E-state index in [1.165, 1.54) is 13.8 Å². The summed E-state index contributed by atoms with van der Waals surface area (Å²) in [6, 6.07) is -0.468. The van der Waals surface area contributed by atoms with E-state index in [9.17, 15) is 14.4 Å². The van der Waals surface area contributed by atoms with Crippen LogP contribution in [0.25, 0.3) is 0 Å². The smallest absolute Gasteiger partial charge is 0.321 e. The highest BCUT2D eigenvalue weighted by Gasteiger charge is 2.33. The summed E-state index contributed by atoms with van der Waals surface area (Å²) in [4.78, 5) is 34.2. The van der Waals surface area contributed by atoms with Crippen LogP contribution < -0.4 is 10.6 Å². The second kappa shape index (κ2) is 5.81. The molecule has 6 nitrogen and oxygen atoms in total. The van der Waals surface area contributed by atoms with Crippen LogP contribution in [0.4, 0.5) is 4.79 Å². The number of carbonyl (C=O) groups is 3. The van der Waals surface area contributed by atoms with E-state index in [0.717, 1.165) is 19.3 Å². The van der Waals surface area contributed by atoms with Crippen molar-refractivity contribution in [1.29, 1.82) is 0 Å².